The molecule has 0 saturated carbocycles. The second-order valence-electron chi connectivity index (χ2n) is 8.63. The summed E-state index contributed by atoms with van der Waals surface area (Å²) in [6, 6.07) is 6.73. The topological polar surface area (TPSA) is 81.8 Å². The summed E-state index contributed by atoms with van der Waals surface area (Å²) in [5.41, 5.74) is 2.82. The molecule has 2 N–H and O–H groups in total. The summed E-state index contributed by atoms with van der Waals surface area (Å²) in [5, 5.41) is 5.85. The van der Waals surface area contributed by atoms with Crippen molar-refractivity contribution in [1.29, 1.82) is 0 Å². The lowest BCUT2D eigenvalue weighted by molar-refractivity contribution is -0.136. The molecule has 4 heterocycles. The van der Waals surface area contributed by atoms with Crippen LogP contribution < -0.4 is 10.6 Å². The highest BCUT2D eigenvalue weighted by Gasteiger charge is 2.42. The number of piperidine rings is 1. The van der Waals surface area contributed by atoms with Gasteiger partial charge in [0.2, 0.25) is 11.8 Å². The summed E-state index contributed by atoms with van der Waals surface area (Å²) in [4.78, 5) is 40.8. The fourth-order valence-electron chi connectivity index (χ4n) is 5.43. The van der Waals surface area contributed by atoms with Gasteiger partial charge >= 0.3 is 0 Å². The van der Waals surface area contributed by atoms with Crippen molar-refractivity contribution in [2.24, 2.45) is 5.92 Å². The van der Waals surface area contributed by atoms with Gasteiger partial charge < -0.3 is 10.2 Å². The summed E-state index contributed by atoms with van der Waals surface area (Å²) in [7, 11) is 0. The van der Waals surface area contributed by atoms with Gasteiger partial charge in [0.15, 0.2) is 0 Å². The highest BCUT2D eigenvalue weighted by Crippen LogP contribution is 2.34. The van der Waals surface area contributed by atoms with Crippen LogP contribution in [0, 0.1) is 5.92 Å². The molecule has 3 saturated heterocycles. The van der Waals surface area contributed by atoms with Gasteiger partial charge in [-0.05, 0) is 49.4 Å². The minimum atomic E-state index is -0.551. The zero-order chi connectivity index (χ0) is 19.4. The number of hydrogen-bond acceptors (Lipinski definition) is 5. The smallest absolute Gasteiger partial charge is 0.255 e. The van der Waals surface area contributed by atoms with Crippen LogP contribution in [0.5, 0.6) is 0 Å². The lowest BCUT2D eigenvalue weighted by atomic mass is 10.0. The van der Waals surface area contributed by atoms with E-state index in [1.165, 1.54) is 6.42 Å². The number of fused-ring (bicyclic) bond motifs is 2. The molecule has 5 rings (SSSR count). The van der Waals surface area contributed by atoms with E-state index in [-0.39, 0.29) is 24.1 Å². The molecule has 3 amide bonds. The maximum absolute atomic E-state index is 13.0. The molecule has 0 bridgehead atoms. The molecule has 1 aromatic carbocycles. The van der Waals surface area contributed by atoms with Gasteiger partial charge in [-0.25, -0.2) is 0 Å². The van der Waals surface area contributed by atoms with Crippen molar-refractivity contribution >= 4 is 17.7 Å². The van der Waals surface area contributed by atoms with Gasteiger partial charge in [-0.2, -0.15) is 0 Å². The summed E-state index contributed by atoms with van der Waals surface area (Å²) in [5.74, 6) is 0.0192. The number of nitrogens with zero attached hydrogens (tertiary/aromatic N) is 2. The Morgan fingerprint density at radius 3 is 2.86 bits per heavy atom. The second-order valence-corrected chi connectivity index (χ2v) is 8.63. The molecule has 148 valence electrons. The second kappa shape index (κ2) is 6.67. The molecule has 28 heavy (non-hydrogen) atoms. The van der Waals surface area contributed by atoms with Crippen LogP contribution >= 0.6 is 0 Å². The lowest BCUT2D eigenvalue weighted by Crippen LogP contribution is -2.52. The number of carbonyl (C=O) groups is 3. The summed E-state index contributed by atoms with van der Waals surface area (Å²) in [6.07, 6.45) is 1.91. The zero-order valence-electron chi connectivity index (χ0n) is 16.1. The maximum Gasteiger partial charge on any atom is 0.255 e. The van der Waals surface area contributed by atoms with Gasteiger partial charge in [-0.15, -0.1) is 0 Å². The van der Waals surface area contributed by atoms with Crippen LogP contribution in [-0.4, -0.2) is 58.7 Å². The van der Waals surface area contributed by atoms with Gasteiger partial charge in [0.05, 0.1) is 0 Å². The highest BCUT2D eigenvalue weighted by atomic mass is 16.2. The quantitative estimate of drug-likeness (QED) is 0.750. The van der Waals surface area contributed by atoms with E-state index < -0.39 is 6.04 Å². The first-order valence-corrected chi connectivity index (χ1v) is 10.2. The first kappa shape index (κ1) is 17.8. The molecule has 7 nitrogen and oxygen atoms in total. The molecule has 0 aromatic heterocycles. The molecule has 7 heteroatoms. The predicted molar refractivity (Wildman–Crippen MR) is 102 cm³/mol. The molecule has 0 radical (unpaired) electrons. The van der Waals surface area contributed by atoms with E-state index in [9.17, 15) is 14.4 Å². The molecule has 4 aliphatic rings. The number of rotatable bonds is 3. The number of likely N-dealkylation sites (tertiary alicyclic amines) is 1. The molecule has 3 fully saturated rings. The van der Waals surface area contributed by atoms with Crippen molar-refractivity contribution in [3.63, 3.8) is 0 Å². The third-order valence-corrected chi connectivity index (χ3v) is 6.90. The largest absolute Gasteiger partial charge is 0.322 e. The van der Waals surface area contributed by atoms with Crippen LogP contribution in [0.1, 0.15) is 47.7 Å². The van der Waals surface area contributed by atoms with Crippen LogP contribution in [0.4, 0.5) is 0 Å². The number of benzene rings is 1. The van der Waals surface area contributed by atoms with Crippen LogP contribution in [0.3, 0.4) is 0 Å². The first-order valence-electron chi connectivity index (χ1n) is 10.2. The summed E-state index contributed by atoms with van der Waals surface area (Å²) >= 11 is 0. The molecule has 1 aromatic rings. The maximum atomic E-state index is 13.0. The van der Waals surface area contributed by atoms with E-state index in [1.54, 1.807) is 4.90 Å². The SMILES string of the molecule is C[C@@H]1C[C@H]2CNC[C@H]2N1Cc1ccc2c(c1)C(=O)N(C1CCC(=O)NC1=O)C2. The van der Waals surface area contributed by atoms with Crippen molar-refractivity contribution < 1.29 is 14.4 Å². The van der Waals surface area contributed by atoms with Crippen molar-refractivity contribution in [2.45, 2.75) is 57.4 Å². The molecular weight excluding hydrogens is 356 g/mol. The normalized spacial score (nSPS) is 32.6. The van der Waals surface area contributed by atoms with Crippen LogP contribution in [0.2, 0.25) is 0 Å². The molecule has 4 aliphatic heterocycles. The molecule has 0 spiro atoms. The third-order valence-electron chi connectivity index (χ3n) is 6.90. The number of carbonyl (C=O) groups excluding carboxylic acids is 3. The fraction of sp³-hybridized carbons (Fsp3) is 0.571. The monoisotopic (exact) mass is 382 g/mol. The predicted octanol–water partition coefficient (Wildman–Crippen LogP) is 0.630. The standard InChI is InChI=1S/C21H26N4O3/c1-12-6-15-8-22-9-18(15)24(12)10-13-2-3-14-11-25(21(28)16(14)7-13)17-4-5-19(26)23-20(17)27/h2-3,7,12,15,17-18,22H,4-6,8-11H2,1H3,(H,23,26,27)/t12-,15+,17?,18-/m1/s1. The Balaban J connectivity index is 1.34. The van der Waals surface area contributed by atoms with E-state index in [2.05, 4.69) is 28.5 Å². The molecule has 1 unspecified atom stereocenters. The highest BCUT2D eigenvalue weighted by molar-refractivity contribution is 6.05. The zero-order valence-corrected chi connectivity index (χ0v) is 16.1. The third kappa shape index (κ3) is 2.84. The van der Waals surface area contributed by atoms with E-state index in [1.807, 2.05) is 12.1 Å². The van der Waals surface area contributed by atoms with E-state index in [0.717, 1.165) is 36.7 Å². The Hall–Kier alpha value is -2.25. The van der Waals surface area contributed by atoms with Gasteiger partial charge in [-0.1, -0.05) is 12.1 Å². The Morgan fingerprint density at radius 2 is 2.04 bits per heavy atom. The minimum absolute atomic E-state index is 0.0961. The lowest BCUT2D eigenvalue weighted by Gasteiger charge is -2.29. The van der Waals surface area contributed by atoms with Crippen molar-refractivity contribution in [3.05, 3.63) is 34.9 Å². The molecule has 4 atom stereocenters. The Bertz CT molecular complexity index is 854. The minimum Gasteiger partial charge on any atom is -0.322 e. The van der Waals surface area contributed by atoms with Gasteiger partial charge in [0.25, 0.3) is 5.91 Å². The van der Waals surface area contributed by atoms with Crippen molar-refractivity contribution in [1.82, 2.24) is 20.4 Å². The number of imide groups is 1. The average Bonchev–Trinajstić information content (AvgIpc) is 3.32. The van der Waals surface area contributed by atoms with Crippen LogP contribution in [0.15, 0.2) is 18.2 Å². The van der Waals surface area contributed by atoms with Gasteiger partial charge in [0.1, 0.15) is 6.04 Å². The van der Waals surface area contributed by atoms with Gasteiger partial charge in [-0.3, -0.25) is 24.6 Å². The number of amides is 3. The Morgan fingerprint density at radius 1 is 1.18 bits per heavy atom. The van der Waals surface area contributed by atoms with Crippen LogP contribution in [0.25, 0.3) is 0 Å². The van der Waals surface area contributed by atoms with Gasteiger partial charge in [0, 0.05) is 43.7 Å². The summed E-state index contributed by atoms with van der Waals surface area (Å²) in [6.45, 7) is 5.73. The average molecular weight is 382 g/mol. The first-order chi connectivity index (χ1) is 13.5. The number of nitrogens with one attached hydrogen (secondary N) is 2. The van der Waals surface area contributed by atoms with E-state index in [0.29, 0.717) is 30.6 Å². The number of hydrogen-bond donors (Lipinski definition) is 2. The van der Waals surface area contributed by atoms with Crippen molar-refractivity contribution in [2.75, 3.05) is 13.1 Å². The van der Waals surface area contributed by atoms with E-state index >= 15 is 0 Å². The van der Waals surface area contributed by atoms with Crippen molar-refractivity contribution in [3.8, 4) is 0 Å². The van der Waals surface area contributed by atoms with E-state index in [4.69, 9.17) is 0 Å². The summed E-state index contributed by atoms with van der Waals surface area (Å²) < 4.78 is 0. The Labute approximate surface area is 164 Å². The molecule has 0 aliphatic carbocycles. The molecular formula is C21H26N4O3. The fourth-order valence-corrected chi connectivity index (χ4v) is 5.43. The Kier molecular flexibility index (Phi) is 4.25. The van der Waals surface area contributed by atoms with Crippen LogP contribution in [-0.2, 0) is 22.7 Å².